The van der Waals surface area contributed by atoms with E-state index in [9.17, 15) is 0 Å². The fraction of sp³-hybridized carbons (Fsp3) is 0. The number of fused-ring (bicyclic) bond motifs is 19. The lowest BCUT2D eigenvalue weighted by Gasteiger charge is -2.09. The Hall–Kier alpha value is -7.88. The van der Waals surface area contributed by atoms with Crippen LogP contribution in [0.25, 0.3) is 136 Å². The van der Waals surface area contributed by atoms with Gasteiger partial charge in [-0.3, -0.25) is 0 Å². The zero-order chi connectivity index (χ0) is 38.1. The van der Waals surface area contributed by atoms with Gasteiger partial charge in [-0.1, -0.05) is 127 Å². The topological polar surface area (TPSA) is 13.8 Å². The van der Waals surface area contributed by atoms with Gasteiger partial charge in [0.25, 0.3) is 0 Å². The van der Waals surface area contributed by atoms with Crippen molar-refractivity contribution in [2.45, 2.75) is 0 Å². The van der Waals surface area contributed by atoms with Crippen LogP contribution in [-0.4, -0.2) is 13.4 Å². The molecule has 0 aliphatic heterocycles. The molecular formula is C56H31N3. The monoisotopic (exact) mass is 745 g/mol. The Balaban J connectivity index is 1.12. The molecule has 59 heavy (non-hydrogen) atoms. The lowest BCUT2D eigenvalue weighted by atomic mass is 9.96. The first-order chi connectivity index (χ1) is 29.3. The van der Waals surface area contributed by atoms with Gasteiger partial charge in [0.1, 0.15) is 0 Å². The Bertz CT molecular complexity index is 4290. The van der Waals surface area contributed by atoms with Crippen LogP contribution >= 0.6 is 0 Å². The molecule has 15 rings (SSSR count). The van der Waals surface area contributed by atoms with Crippen molar-refractivity contribution in [1.29, 1.82) is 0 Å². The number of hydrogen-bond donors (Lipinski definition) is 0. The second-order valence-electron chi connectivity index (χ2n) is 16.4. The largest absolute Gasteiger partial charge is 0.309 e. The van der Waals surface area contributed by atoms with E-state index in [0.29, 0.717) is 0 Å². The van der Waals surface area contributed by atoms with E-state index in [0.717, 1.165) is 0 Å². The Morgan fingerprint density at radius 3 is 1.56 bits per heavy atom. The van der Waals surface area contributed by atoms with Crippen LogP contribution in [0.4, 0.5) is 0 Å². The molecule has 10 aromatic carbocycles. The predicted molar refractivity (Wildman–Crippen MR) is 251 cm³/mol. The summed E-state index contributed by atoms with van der Waals surface area (Å²) in [7, 11) is 0. The molecule has 0 amide bonds. The first-order valence-electron chi connectivity index (χ1n) is 20.5. The average Bonchev–Trinajstić information content (AvgIpc) is 4.08. The molecule has 15 aromatic rings. The van der Waals surface area contributed by atoms with E-state index in [1.807, 2.05) is 0 Å². The van der Waals surface area contributed by atoms with Crippen molar-refractivity contribution in [2.75, 3.05) is 0 Å². The van der Waals surface area contributed by atoms with Crippen LogP contribution in [0.5, 0.6) is 0 Å². The lowest BCUT2D eigenvalue weighted by Crippen LogP contribution is -1.93. The van der Waals surface area contributed by atoms with Crippen LogP contribution in [0.2, 0.25) is 0 Å². The SMILES string of the molecule is c1ccc(-n2c3ccccc3c3cc(-c4cccc5c6c7ccccc7cc7c8cc9c(cc8n(c45)c76)c4cc5ccccc5c5c6ccccc6n9c45)ccc32)cc1. The molecule has 0 aliphatic rings. The predicted octanol–water partition coefficient (Wildman–Crippen LogP) is 15.1. The maximum absolute atomic E-state index is 2.61. The van der Waals surface area contributed by atoms with Crippen molar-refractivity contribution in [3.05, 3.63) is 188 Å². The zero-order valence-corrected chi connectivity index (χ0v) is 31.7. The highest BCUT2D eigenvalue weighted by Gasteiger charge is 2.26. The van der Waals surface area contributed by atoms with E-state index in [-0.39, 0.29) is 0 Å². The molecule has 0 atom stereocenters. The molecule has 270 valence electrons. The van der Waals surface area contributed by atoms with Crippen molar-refractivity contribution < 1.29 is 0 Å². The van der Waals surface area contributed by atoms with Crippen molar-refractivity contribution >= 4 is 120 Å². The summed E-state index contributed by atoms with van der Waals surface area (Å²) in [5.41, 5.74) is 13.7. The van der Waals surface area contributed by atoms with Crippen LogP contribution in [0.3, 0.4) is 0 Å². The van der Waals surface area contributed by atoms with E-state index in [2.05, 4.69) is 201 Å². The first kappa shape index (κ1) is 30.3. The van der Waals surface area contributed by atoms with Gasteiger partial charge in [-0.2, -0.15) is 0 Å². The van der Waals surface area contributed by atoms with E-state index in [1.54, 1.807) is 0 Å². The summed E-state index contributed by atoms with van der Waals surface area (Å²) in [5.74, 6) is 0. The minimum Gasteiger partial charge on any atom is -0.309 e. The van der Waals surface area contributed by atoms with E-state index < -0.39 is 0 Å². The fourth-order valence-corrected chi connectivity index (χ4v) is 11.3. The third-order valence-electron chi connectivity index (χ3n) is 13.6. The second-order valence-corrected chi connectivity index (χ2v) is 16.4. The van der Waals surface area contributed by atoms with Gasteiger partial charge in [0.15, 0.2) is 0 Å². The summed E-state index contributed by atoms with van der Waals surface area (Å²) in [5, 5.41) is 18.1. The van der Waals surface area contributed by atoms with Gasteiger partial charge >= 0.3 is 0 Å². The Labute approximate surface area is 336 Å². The Morgan fingerprint density at radius 2 is 0.814 bits per heavy atom. The third kappa shape index (κ3) is 3.62. The van der Waals surface area contributed by atoms with Crippen molar-refractivity contribution in [3.63, 3.8) is 0 Å². The van der Waals surface area contributed by atoms with Crippen LogP contribution in [0, 0.1) is 0 Å². The molecule has 0 aliphatic carbocycles. The molecule has 0 saturated heterocycles. The van der Waals surface area contributed by atoms with Crippen LogP contribution in [-0.2, 0) is 0 Å². The highest BCUT2D eigenvalue weighted by Crippen LogP contribution is 2.49. The summed E-state index contributed by atoms with van der Waals surface area (Å²) in [6.07, 6.45) is 0. The Kier molecular flexibility index (Phi) is 5.41. The van der Waals surface area contributed by atoms with Crippen molar-refractivity contribution in [1.82, 2.24) is 13.4 Å². The van der Waals surface area contributed by atoms with E-state index in [4.69, 9.17) is 0 Å². The molecule has 0 radical (unpaired) electrons. The molecule has 0 bridgehead atoms. The summed E-state index contributed by atoms with van der Waals surface area (Å²) < 4.78 is 7.55. The van der Waals surface area contributed by atoms with Crippen molar-refractivity contribution in [2.24, 2.45) is 0 Å². The van der Waals surface area contributed by atoms with Gasteiger partial charge in [0.2, 0.25) is 0 Å². The highest BCUT2D eigenvalue weighted by molar-refractivity contribution is 6.36. The molecule has 0 N–H and O–H groups in total. The number of hydrogen-bond acceptors (Lipinski definition) is 0. The minimum absolute atomic E-state index is 1.17. The van der Waals surface area contributed by atoms with Gasteiger partial charge in [-0.15, -0.1) is 0 Å². The lowest BCUT2D eigenvalue weighted by molar-refractivity contribution is 1.18. The molecule has 0 unspecified atom stereocenters. The van der Waals surface area contributed by atoms with Crippen LogP contribution in [0.1, 0.15) is 0 Å². The van der Waals surface area contributed by atoms with E-state index in [1.165, 1.54) is 136 Å². The summed E-state index contributed by atoms with van der Waals surface area (Å²) in [4.78, 5) is 0. The average molecular weight is 746 g/mol. The molecule has 5 aromatic heterocycles. The number of aromatic nitrogens is 3. The smallest absolute Gasteiger partial charge is 0.0627 e. The molecule has 3 heteroatoms. The molecule has 0 fully saturated rings. The summed E-state index contributed by atoms with van der Waals surface area (Å²) in [6.45, 7) is 0. The quantitative estimate of drug-likeness (QED) is 0.167. The van der Waals surface area contributed by atoms with Gasteiger partial charge in [0, 0.05) is 65.1 Å². The first-order valence-corrected chi connectivity index (χ1v) is 20.5. The minimum atomic E-state index is 1.17. The van der Waals surface area contributed by atoms with Crippen LogP contribution < -0.4 is 0 Å². The molecule has 0 saturated carbocycles. The molecule has 3 nitrogen and oxygen atoms in total. The molecule has 0 spiro atoms. The maximum Gasteiger partial charge on any atom is 0.0627 e. The normalized spacial score (nSPS) is 12.7. The van der Waals surface area contributed by atoms with Gasteiger partial charge in [0.05, 0.1) is 44.1 Å². The van der Waals surface area contributed by atoms with Gasteiger partial charge < -0.3 is 13.4 Å². The maximum atomic E-state index is 2.61. The van der Waals surface area contributed by atoms with Crippen LogP contribution in [0.15, 0.2) is 188 Å². The highest BCUT2D eigenvalue weighted by atomic mass is 15.0. The summed E-state index contributed by atoms with van der Waals surface area (Å²) in [6, 6.07) is 70.3. The second kappa shape index (κ2) is 10.5. The van der Waals surface area contributed by atoms with Gasteiger partial charge in [-0.05, 0) is 87.8 Å². The number of para-hydroxylation sites is 4. The fourth-order valence-electron chi connectivity index (χ4n) is 11.3. The molecule has 5 heterocycles. The van der Waals surface area contributed by atoms with E-state index >= 15 is 0 Å². The standard InChI is InChI=1S/C56H31N3/c1-2-15-35(16-3-1)57-47-23-10-8-19-39(47)42-27-34(25-26-49(42)57)38-21-12-22-41-53-37-18-7-5-14-33(37)29-46-44-30-50-43(31-51(44)59(54(38)41)56(46)53)45-28-32-13-4-6-17-36(32)52-40-20-9-11-24-48(40)58(50)55(45)52/h1-31H. The number of rotatable bonds is 2. The Morgan fingerprint density at radius 1 is 0.271 bits per heavy atom. The third-order valence-corrected chi connectivity index (χ3v) is 13.6. The number of benzene rings is 10. The summed E-state index contributed by atoms with van der Waals surface area (Å²) >= 11 is 0. The number of nitrogens with zero attached hydrogens (tertiary/aromatic N) is 3. The van der Waals surface area contributed by atoms with Crippen molar-refractivity contribution in [3.8, 4) is 16.8 Å². The molecular weight excluding hydrogens is 715 g/mol. The zero-order valence-electron chi connectivity index (χ0n) is 31.7. The van der Waals surface area contributed by atoms with Gasteiger partial charge in [-0.25, -0.2) is 0 Å².